The zero-order valence-corrected chi connectivity index (χ0v) is 9.70. The molecule has 0 aliphatic heterocycles. The van der Waals surface area contributed by atoms with E-state index in [0.29, 0.717) is 13.2 Å². The van der Waals surface area contributed by atoms with Gasteiger partial charge in [0.15, 0.2) is 0 Å². The number of rotatable bonds is 5. The number of hydrogen-bond acceptors (Lipinski definition) is 3. The first-order valence-electron chi connectivity index (χ1n) is 4.38. The van der Waals surface area contributed by atoms with Crippen LogP contribution in [0, 0.1) is 0 Å². The van der Waals surface area contributed by atoms with E-state index in [-0.39, 0.29) is 5.96 Å². The molecule has 0 saturated heterocycles. The van der Waals surface area contributed by atoms with E-state index in [1.54, 1.807) is 0 Å². The second kappa shape index (κ2) is 6.13. The molecule has 15 heavy (non-hydrogen) atoms. The van der Waals surface area contributed by atoms with E-state index in [2.05, 4.69) is 26.5 Å². The highest BCUT2D eigenvalue weighted by atomic mass is 79.9. The lowest BCUT2D eigenvalue weighted by molar-refractivity contribution is 0.315. The van der Waals surface area contributed by atoms with Crippen molar-refractivity contribution < 1.29 is 4.74 Å². The maximum atomic E-state index is 5.43. The van der Waals surface area contributed by atoms with Gasteiger partial charge in [-0.1, -0.05) is 22.0 Å². The van der Waals surface area contributed by atoms with Gasteiger partial charge in [0.1, 0.15) is 12.4 Å². The molecule has 0 aliphatic carbocycles. The fraction of sp³-hybridized carbons (Fsp3) is 0.222. The minimum absolute atomic E-state index is 0.0115. The van der Waals surface area contributed by atoms with Crippen LogP contribution in [0.15, 0.2) is 33.8 Å². The largest absolute Gasteiger partial charge is 0.492 e. The Morgan fingerprint density at radius 3 is 2.93 bits per heavy atom. The number of hydrazone groups is 1. The molecule has 0 amide bonds. The van der Waals surface area contributed by atoms with Crippen molar-refractivity contribution >= 4 is 21.9 Å². The fourth-order valence-corrected chi connectivity index (χ4v) is 1.30. The Kier molecular flexibility index (Phi) is 4.76. The molecule has 0 atom stereocenters. The van der Waals surface area contributed by atoms with Gasteiger partial charge in [-0.05, 0) is 18.2 Å². The van der Waals surface area contributed by atoms with Crippen LogP contribution in [0.5, 0.6) is 5.75 Å². The van der Waals surface area contributed by atoms with Gasteiger partial charge in [-0.3, -0.25) is 0 Å². The Morgan fingerprint density at radius 1 is 1.47 bits per heavy atom. The van der Waals surface area contributed by atoms with Crippen LogP contribution in [0.2, 0.25) is 0 Å². The minimum atomic E-state index is 0.0115. The van der Waals surface area contributed by atoms with E-state index in [9.17, 15) is 0 Å². The normalized spacial score (nSPS) is 9.40. The lowest BCUT2D eigenvalue weighted by Crippen LogP contribution is -2.27. The summed E-state index contributed by atoms with van der Waals surface area (Å²) in [6, 6.07) is 7.61. The predicted molar refractivity (Wildman–Crippen MR) is 63.4 cm³/mol. The molecule has 82 valence electrons. The average Bonchev–Trinajstić information content (AvgIpc) is 2.17. The zero-order valence-electron chi connectivity index (χ0n) is 8.11. The number of guanidine groups is 1. The van der Waals surface area contributed by atoms with Crippen LogP contribution < -0.4 is 21.6 Å². The molecule has 5 N–H and O–H groups in total. The van der Waals surface area contributed by atoms with Crippen LogP contribution in [0.3, 0.4) is 0 Å². The molecule has 1 rings (SSSR count). The number of ether oxygens (including phenoxy) is 1. The summed E-state index contributed by atoms with van der Waals surface area (Å²) >= 11 is 3.35. The number of nitrogens with one attached hydrogen (secondary N) is 1. The second-order valence-electron chi connectivity index (χ2n) is 2.75. The Hall–Kier alpha value is -1.43. The second-order valence-corrected chi connectivity index (χ2v) is 3.67. The summed E-state index contributed by atoms with van der Waals surface area (Å²) < 4.78 is 6.41. The summed E-state index contributed by atoms with van der Waals surface area (Å²) in [4.78, 5) is 0. The highest BCUT2D eigenvalue weighted by Crippen LogP contribution is 2.17. The number of halogens is 1. The van der Waals surface area contributed by atoms with Crippen molar-refractivity contribution in [3.8, 4) is 5.75 Å². The summed E-state index contributed by atoms with van der Waals surface area (Å²) in [6.45, 7) is 1.04. The highest BCUT2D eigenvalue weighted by Gasteiger charge is 1.93. The van der Waals surface area contributed by atoms with Crippen LogP contribution in [0.4, 0.5) is 0 Å². The molecule has 6 heteroatoms. The molecular weight excluding hydrogens is 260 g/mol. The van der Waals surface area contributed by atoms with Crippen LogP contribution in [0.1, 0.15) is 0 Å². The summed E-state index contributed by atoms with van der Waals surface area (Å²) in [7, 11) is 0. The monoisotopic (exact) mass is 272 g/mol. The van der Waals surface area contributed by atoms with Crippen molar-refractivity contribution in [1.29, 1.82) is 0 Å². The number of hydrogen-bond donors (Lipinski definition) is 3. The predicted octanol–water partition coefficient (Wildman–Crippen LogP) is 0.606. The van der Waals surface area contributed by atoms with Gasteiger partial charge in [0.25, 0.3) is 0 Å². The van der Waals surface area contributed by atoms with Crippen molar-refractivity contribution in [2.75, 3.05) is 13.2 Å². The van der Waals surface area contributed by atoms with Crippen molar-refractivity contribution in [1.82, 2.24) is 5.43 Å². The number of nitrogens with zero attached hydrogens (tertiary/aromatic N) is 1. The average molecular weight is 273 g/mol. The summed E-state index contributed by atoms with van der Waals surface area (Å²) in [5.74, 6) is 0.813. The van der Waals surface area contributed by atoms with E-state index >= 15 is 0 Å². The van der Waals surface area contributed by atoms with Crippen LogP contribution in [-0.2, 0) is 0 Å². The highest BCUT2D eigenvalue weighted by molar-refractivity contribution is 9.10. The molecular formula is C9H13BrN4O. The molecule has 0 fully saturated rings. The van der Waals surface area contributed by atoms with Gasteiger partial charge in [-0.2, -0.15) is 0 Å². The third kappa shape index (κ3) is 5.11. The molecule has 0 aromatic heterocycles. The first kappa shape index (κ1) is 11.6. The van der Waals surface area contributed by atoms with E-state index in [0.717, 1.165) is 10.2 Å². The van der Waals surface area contributed by atoms with Crippen LogP contribution >= 0.6 is 15.9 Å². The van der Waals surface area contributed by atoms with Crippen molar-refractivity contribution in [3.63, 3.8) is 0 Å². The Balaban J connectivity index is 2.23. The van der Waals surface area contributed by atoms with E-state index in [4.69, 9.17) is 16.2 Å². The summed E-state index contributed by atoms with van der Waals surface area (Å²) in [5, 5.41) is 3.61. The van der Waals surface area contributed by atoms with Gasteiger partial charge in [-0.25, -0.2) is 0 Å². The molecule has 0 radical (unpaired) electrons. The molecule has 0 unspecified atom stereocenters. The molecule has 5 nitrogen and oxygen atoms in total. The first-order chi connectivity index (χ1) is 7.18. The summed E-state index contributed by atoms with van der Waals surface area (Å²) in [6.07, 6.45) is 0. The molecule has 1 aromatic rings. The van der Waals surface area contributed by atoms with Gasteiger partial charge >= 0.3 is 0 Å². The van der Waals surface area contributed by atoms with Gasteiger partial charge in [0.05, 0.1) is 6.54 Å². The molecule has 0 heterocycles. The van der Waals surface area contributed by atoms with E-state index in [1.807, 2.05) is 24.3 Å². The molecule has 0 saturated carbocycles. The number of nitrogens with two attached hydrogens (primary N) is 2. The van der Waals surface area contributed by atoms with E-state index in [1.165, 1.54) is 0 Å². The molecule has 0 spiro atoms. The van der Waals surface area contributed by atoms with Crippen molar-refractivity contribution in [3.05, 3.63) is 28.7 Å². The van der Waals surface area contributed by atoms with Crippen LogP contribution in [0.25, 0.3) is 0 Å². The van der Waals surface area contributed by atoms with Gasteiger partial charge in [0, 0.05) is 4.47 Å². The Labute approximate surface area is 96.6 Å². The van der Waals surface area contributed by atoms with Gasteiger partial charge < -0.3 is 21.6 Å². The van der Waals surface area contributed by atoms with Gasteiger partial charge in [-0.15, -0.1) is 5.10 Å². The molecule has 0 bridgehead atoms. The van der Waals surface area contributed by atoms with Crippen LogP contribution in [-0.4, -0.2) is 19.1 Å². The Morgan fingerprint density at radius 2 is 2.27 bits per heavy atom. The fourth-order valence-electron chi connectivity index (χ4n) is 0.918. The topological polar surface area (TPSA) is 85.7 Å². The third-order valence-electron chi connectivity index (χ3n) is 1.49. The van der Waals surface area contributed by atoms with Crippen molar-refractivity contribution in [2.45, 2.75) is 0 Å². The minimum Gasteiger partial charge on any atom is -0.492 e. The summed E-state index contributed by atoms with van der Waals surface area (Å²) in [5.41, 5.74) is 12.9. The van der Waals surface area contributed by atoms with E-state index < -0.39 is 0 Å². The zero-order chi connectivity index (χ0) is 11.1. The third-order valence-corrected chi connectivity index (χ3v) is 1.98. The van der Waals surface area contributed by atoms with Gasteiger partial charge in [0.2, 0.25) is 5.96 Å². The molecule has 0 aliphatic rings. The SMILES string of the molecule is NC(N)=NNCCOc1cccc(Br)c1. The Bertz CT molecular complexity index is 339. The standard InChI is InChI=1S/C9H13BrN4O/c10-7-2-1-3-8(6-7)15-5-4-13-14-9(11)12/h1-3,6,13H,4-5H2,(H4,11,12,14). The smallest absolute Gasteiger partial charge is 0.208 e. The maximum Gasteiger partial charge on any atom is 0.208 e. The lowest BCUT2D eigenvalue weighted by atomic mass is 10.3. The number of benzene rings is 1. The first-order valence-corrected chi connectivity index (χ1v) is 5.17. The maximum absolute atomic E-state index is 5.43. The molecule has 1 aromatic carbocycles. The lowest BCUT2D eigenvalue weighted by Gasteiger charge is -2.05. The quantitative estimate of drug-likeness (QED) is 0.317. The van der Waals surface area contributed by atoms with Crippen molar-refractivity contribution in [2.24, 2.45) is 16.6 Å².